The summed E-state index contributed by atoms with van der Waals surface area (Å²) < 4.78 is 23.2. The lowest BCUT2D eigenvalue weighted by atomic mass is 9.93. The van der Waals surface area contributed by atoms with Crippen LogP contribution in [-0.4, -0.2) is 57.0 Å². The first-order valence-corrected chi connectivity index (χ1v) is 9.98. The highest BCUT2D eigenvalue weighted by Crippen LogP contribution is 2.26. The minimum Gasteiger partial charge on any atom is -0.314 e. The van der Waals surface area contributed by atoms with Gasteiger partial charge < -0.3 is 10.2 Å². The second-order valence-corrected chi connectivity index (χ2v) is 8.79. The summed E-state index contributed by atoms with van der Waals surface area (Å²) in [6.45, 7) is 4.25. The number of sulfone groups is 1. The van der Waals surface area contributed by atoms with Crippen molar-refractivity contribution in [3.63, 3.8) is 0 Å². The lowest BCUT2D eigenvalue weighted by molar-refractivity contribution is 0.188. The predicted octanol–water partition coefficient (Wildman–Crippen LogP) is 1.66. The summed E-state index contributed by atoms with van der Waals surface area (Å²) in [5, 5.41) is 3.64. The molecule has 5 heteroatoms. The van der Waals surface area contributed by atoms with E-state index in [1.54, 1.807) is 0 Å². The van der Waals surface area contributed by atoms with Gasteiger partial charge in [-0.1, -0.05) is 26.2 Å². The predicted molar refractivity (Wildman–Crippen MR) is 83.7 cm³/mol. The number of nitrogens with zero attached hydrogens (tertiary/aromatic N) is 1. The van der Waals surface area contributed by atoms with Crippen LogP contribution in [0.1, 0.15) is 45.4 Å². The van der Waals surface area contributed by atoms with Crippen LogP contribution in [0.4, 0.5) is 0 Å². The van der Waals surface area contributed by atoms with Gasteiger partial charge in [-0.3, -0.25) is 0 Å². The Morgan fingerprint density at radius 3 is 2.55 bits per heavy atom. The summed E-state index contributed by atoms with van der Waals surface area (Å²) in [7, 11) is -0.659. The molecule has 0 aromatic carbocycles. The first-order chi connectivity index (χ1) is 9.52. The molecule has 2 aliphatic rings. The molecule has 118 valence electrons. The highest BCUT2D eigenvalue weighted by atomic mass is 32.2. The number of nitrogens with one attached hydrogen (secondary N) is 1. The first-order valence-electron chi connectivity index (χ1n) is 8.16. The fourth-order valence-corrected chi connectivity index (χ4v) is 5.58. The lowest BCUT2D eigenvalue weighted by Gasteiger charge is -2.32. The van der Waals surface area contributed by atoms with Gasteiger partial charge in [0.05, 0.1) is 11.5 Å². The van der Waals surface area contributed by atoms with Crippen LogP contribution in [0.5, 0.6) is 0 Å². The Bertz CT molecular complexity index is 397. The SMILES string of the molecule is CCNC1CCCCCC1CN(C)C1CCS(=O)(=O)C1. The van der Waals surface area contributed by atoms with E-state index in [1.807, 2.05) is 0 Å². The Balaban J connectivity index is 1.92. The van der Waals surface area contributed by atoms with Gasteiger partial charge in [-0.05, 0) is 38.8 Å². The van der Waals surface area contributed by atoms with Crippen LogP contribution in [-0.2, 0) is 9.84 Å². The molecule has 1 saturated heterocycles. The molecule has 1 saturated carbocycles. The third kappa shape index (κ3) is 4.43. The number of hydrogen-bond acceptors (Lipinski definition) is 4. The van der Waals surface area contributed by atoms with E-state index in [9.17, 15) is 8.42 Å². The van der Waals surface area contributed by atoms with Gasteiger partial charge in [-0.2, -0.15) is 0 Å². The fourth-order valence-electron chi connectivity index (χ4n) is 3.78. The second-order valence-electron chi connectivity index (χ2n) is 6.56. The highest BCUT2D eigenvalue weighted by molar-refractivity contribution is 7.91. The Morgan fingerprint density at radius 1 is 1.15 bits per heavy atom. The van der Waals surface area contributed by atoms with Crippen LogP contribution in [0.15, 0.2) is 0 Å². The Labute approximate surface area is 124 Å². The zero-order valence-corrected chi connectivity index (χ0v) is 13.8. The fraction of sp³-hybridized carbons (Fsp3) is 1.00. The molecule has 1 heterocycles. The third-order valence-electron chi connectivity index (χ3n) is 4.98. The van der Waals surface area contributed by atoms with Gasteiger partial charge in [0.25, 0.3) is 0 Å². The van der Waals surface area contributed by atoms with E-state index < -0.39 is 9.84 Å². The van der Waals surface area contributed by atoms with Crippen LogP contribution in [0.25, 0.3) is 0 Å². The molecule has 1 aliphatic carbocycles. The van der Waals surface area contributed by atoms with Gasteiger partial charge in [0.1, 0.15) is 0 Å². The van der Waals surface area contributed by atoms with E-state index >= 15 is 0 Å². The van der Waals surface area contributed by atoms with E-state index in [0.29, 0.717) is 23.5 Å². The average molecular weight is 302 g/mol. The van der Waals surface area contributed by atoms with Gasteiger partial charge in [-0.25, -0.2) is 8.42 Å². The molecule has 1 aliphatic heterocycles. The second kappa shape index (κ2) is 7.23. The number of hydrogen-bond donors (Lipinski definition) is 1. The maximum atomic E-state index is 11.6. The van der Waals surface area contributed by atoms with Gasteiger partial charge in [-0.15, -0.1) is 0 Å². The standard InChI is InChI=1S/C15H30N2O2S/c1-3-16-15-8-6-4-5-7-13(15)11-17(2)14-9-10-20(18,19)12-14/h13-16H,3-12H2,1-2H3. The van der Waals surface area contributed by atoms with E-state index in [2.05, 4.69) is 24.2 Å². The average Bonchev–Trinajstić information content (AvgIpc) is 2.62. The van der Waals surface area contributed by atoms with E-state index in [1.165, 1.54) is 32.1 Å². The van der Waals surface area contributed by atoms with Gasteiger partial charge in [0.2, 0.25) is 0 Å². The monoisotopic (exact) mass is 302 g/mol. The van der Waals surface area contributed by atoms with E-state index in [0.717, 1.165) is 19.5 Å². The molecule has 0 aromatic rings. The molecular formula is C15H30N2O2S. The van der Waals surface area contributed by atoms with Crippen molar-refractivity contribution in [2.24, 2.45) is 5.92 Å². The summed E-state index contributed by atoms with van der Waals surface area (Å²) >= 11 is 0. The maximum Gasteiger partial charge on any atom is 0.151 e. The Hall–Kier alpha value is -0.130. The van der Waals surface area contributed by atoms with Gasteiger partial charge in [0, 0.05) is 18.6 Å². The zero-order chi connectivity index (χ0) is 14.6. The van der Waals surface area contributed by atoms with Crippen LogP contribution in [0.2, 0.25) is 0 Å². The molecule has 0 bridgehead atoms. The van der Waals surface area contributed by atoms with E-state index in [-0.39, 0.29) is 6.04 Å². The van der Waals surface area contributed by atoms with Crippen molar-refractivity contribution >= 4 is 9.84 Å². The van der Waals surface area contributed by atoms with Crippen LogP contribution >= 0.6 is 0 Å². The quantitative estimate of drug-likeness (QED) is 0.785. The summed E-state index contributed by atoms with van der Waals surface area (Å²) in [4.78, 5) is 2.31. The van der Waals surface area contributed by atoms with Crippen molar-refractivity contribution in [3.05, 3.63) is 0 Å². The summed E-state index contributed by atoms with van der Waals surface area (Å²) in [6, 6.07) is 0.855. The normalized spacial score (nSPS) is 34.2. The smallest absolute Gasteiger partial charge is 0.151 e. The Kier molecular flexibility index (Phi) is 5.87. The molecule has 0 aromatic heterocycles. The molecule has 1 N–H and O–H groups in total. The lowest BCUT2D eigenvalue weighted by Crippen LogP contribution is -2.44. The maximum absolute atomic E-state index is 11.6. The molecule has 4 nitrogen and oxygen atoms in total. The summed E-state index contributed by atoms with van der Waals surface area (Å²) in [5.74, 6) is 1.41. The summed E-state index contributed by atoms with van der Waals surface area (Å²) in [5.41, 5.74) is 0. The van der Waals surface area contributed by atoms with Crippen molar-refractivity contribution in [2.45, 2.75) is 57.5 Å². The molecular weight excluding hydrogens is 272 g/mol. The largest absolute Gasteiger partial charge is 0.314 e. The molecule has 2 rings (SSSR count). The molecule has 20 heavy (non-hydrogen) atoms. The molecule has 0 spiro atoms. The van der Waals surface area contributed by atoms with Crippen LogP contribution < -0.4 is 5.32 Å². The molecule has 3 unspecified atom stereocenters. The molecule has 0 radical (unpaired) electrons. The zero-order valence-electron chi connectivity index (χ0n) is 13.0. The van der Waals surface area contributed by atoms with Crippen molar-refractivity contribution in [1.29, 1.82) is 0 Å². The number of rotatable bonds is 5. The molecule has 2 fully saturated rings. The Morgan fingerprint density at radius 2 is 1.90 bits per heavy atom. The van der Waals surface area contributed by atoms with Crippen molar-refractivity contribution in [3.8, 4) is 0 Å². The molecule has 0 amide bonds. The minimum atomic E-state index is -2.77. The van der Waals surface area contributed by atoms with Crippen molar-refractivity contribution < 1.29 is 8.42 Å². The van der Waals surface area contributed by atoms with Crippen molar-refractivity contribution in [1.82, 2.24) is 10.2 Å². The van der Waals surface area contributed by atoms with E-state index in [4.69, 9.17) is 0 Å². The topological polar surface area (TPSA) is 49.4 Å². The highest BCUT2D eigenvalue weighted by Gasteiger charge is 2.33. The summed E-state index contributed by atoms with van der Waals surface area (Å²) in [6.07, 6.45) is 7.37. The van der Waals surface area contributed by atoms with Crippen LogP contribution in [0, 0.1) is 5.92 Å². The van der Waals surface area contributed by atoms with Crippen molar-refractivity contribution in [2.75, 3.05) is 31.6 Å². The molecule has 3 atom stereocenters. The van der Waals surface area contributed by atoms with Gasteiger partial charge >= 0.3 is 0 Å². The van der Waals surface area contributed by atoms with Gasteiger partial charge in [0.15, 0.2) is 9.84 Å². The minimum absolute atomic E-state index is 0.241. The first kappa shape index (κ1) is 16.2. The van der Waals surface area contributed by atoms with Crippen LogP contribution in [0.3, 0.4) is 0 Å². The third-order valence-corrected chi connectivity index (χ3v) is 6.73.